The average molecular weight is 434 g/mol. The molecule has 0 radical (unpaired) electrons. The Morgan fingerprint density at radius 3 is 2.62 bits per heavy atom. The van der Waals surface area contributed by atoms with Gasteiger partial charge in [-0.15, -0.1) is 0 Å². The highest BCUT2D eigenvalue weighted by atomic mass is 16.5. The predicted molar refractivity (Wildman–Crippen MR) is 122 cm³/mol. The minimum Gasteiger partial charge on any atom is -0.463 e. The molecule has 3 aromatic rings. The highest BCUT2D eigenvalue weighted by Crippen LogP contribution is 2.21. The van der Waals surface area contributed by atoms with Crippen molar-refractivity contribution in [1.29, 1.82) is 0 Å². The number of carbonyl (C=O) groups excluding carboxylic acids is 2. The third-order valence-electron chi connectivity index (χ3n) is 5.60. The molecule has 32 heavy (non-hydrogen) atoms. The minimum absolute atomic E-state index is 0.0215. The summed E-state index contributed by atoms with van der Waals surface area (Å²) in [6, 6.07) is 12.1. The van der Waals surface area contributed by atoms with Gasteiger partial charge in [0.05, 0.1) is 29.5 Å². The molecule has 7 heteroatoms. The monoisotopic (exact) mass is 433 g/mol. The van der Waals surface area contributed by atoms with Crippen molar-refractivity contribution in [2.24, 2.45) is 0 Å². The van der Waals surface area contributed by atoms with Crippen LogP contribution in [0.15, 0.2) is 47.3 Å². The zero-order valence-corrected chi connectivity index (χ0v) is 18.6. The molecule has 7 nitrogen and oxygen atoms in total. The Bertz CT molecular complexity index is 1230. The average Bonchev–Trinajstić information content (AvgIpc) is 3.22. The fraction of sp³-hybridized carbons (Fsp3) is 0.360. The molecular weight excluding hydrogens is 406 g/mol. The number of nitrogens with zero attached hydrogens (tertiary/aromatic N) is 2. The van der Waals surface area contributed by atoms with Gasteiger partial charge in [0.2, 0.25) is 0 Å². The van der Waals surface area contributed by atoms with E-state index in [1.54, 1.807) is 36.6 Å². The molecular formula is C25H27N3O4. The van der Waals surface area contributed by atoms with Crippen molar-refractivity contribution in [2.75, 3.05) is 0 Å². The molecule has 2 aromatic carbocycles. The lowest BCUT2D eigenvalue weighted by atomic mass is 10.0. The Morgan fingerprint density at radius 2 is 1.91 bits per heavy atom. The lowest BCUT2D eigenvalue weighted by Crippen LogP contribution is -2.31. The molecule has 0 aliphatic carbocycles. The number of aromatic nitrogens is 2. The number of nitrogens with one attached hydrogen (secondary N) is 1. The summed E-state index contributed by atoms with van der Waals surface area (Å²) in [4.78, 5) is 42.7. The van der Waals surface area contributed by atoms with Gasteiger partial charge in [0.25, 0.3) is 11.5 Å². The number of rotatable bonds is 6. The summed E-state index contributed by atoms with van der Waals surface area (Å²) in [6.45, 7) is 6.24. The highest BCUT2D eigenvalue weighted by molar-refractivity contribution is 5.98. The van der Waals surface area contributed by atoms with Crippen molar-refractivity contribution >= 4 is 22.8 Å². The quantitative estimate of drug-likeness (QED) is 0.601. The summed E-state index contributed by atoms with van der Waals surface area (Å²) in [7, 11) is 0. The minimum atomic E-state index is -0.538. The molecule has 0 spiro atoms. The first-order valence-electron chi connectivity index (χ1n) is 10.9. The molecule has 1 aliphatic rings. The summed E-state index contributed by atoms with van der Waals surface area (Å²) < 4.78 is 6.99. The van der Waals surface area contributed by atoms with Gasteiger partial charge in [-0.05, 0) is 51.0 Å². The Labute approximate surface area is 186 Å². The van der Waals surface area contributed by atoms with Crippen LogP contribution in [0.5, 0.6) is 0 Å². The van der Waals surface area contributed by atoms with Gasteiger partial charge in [-0.3, -0.25) is 19.0 Å². The second-order valence-corrected chi connectivity index (χ2v) is 8.50. The second kappa shape index (κ2) is 8.94. The maximum absolute atomic E-state index is 13.1. The largest absolute Gasteiger partial charge is 0.463 e. The molecule has 0 unspecified atom stereocenters. The Kier molecular flexibility index (Phi) is 6.08. The van der Waals surface area contributed by atoms with Crippen molar-refractivity contribution in [3.05, 3.63) is 75.3 Å². The van der Waals surface area contributed by atoms with E-state index in [0.717, 1.165) is 29.8 Å². The van der Waals surface area contributed by atoms with E-state index in [9.17, 15) is 14.4 Å². The fourth-order valence-corrected chi connectivity index (χ4v) is 4.00. The van der Waals surface area contributed by atoms with Crippen LogP contribution < -0.4 is 10.9 Å². The molecule has 1 atom stereocenters. The lowest BCUT2D eigenvalue weighted by Gasteiger charge is -2.20. The topological polar surface area (TPSA) is 90.3 Å². The molecule has 2 heterocycles. The van der Waals surface area contributed by atoms with Crippen molar-refractivity contribution < 1.29 is 14.3 Å². The molecule has 1 aromatic heterocycles. The number of hydrogen-bond acceptors (Lipinski definition) is 5. The summed E-state index contributed by atoms with van der Waals surface area (Å²) in [5.74, 6) is 0.0425. The fourth-order valence-electron chi connectivity index (χ4n) is 4.00. The van der Waals surface area contributed by atoms with E-state index in [1.165, 1.54) is 0 Å². The van der Waals surface area contributed by atoms with Crippen LogP contribution in [0.25, 0.3) is 10.9 Å². The van der Waals surface area contributed by atoms with Gasteiger partial charge in [-0.1, -0.05) is 29.8 Å². The van der Waals surface area contributed by atoms with Crippen LogP contribution in [0.2, 0.25) is 0 Å². The van der Waals surface area contributed by atoms with Crippen molar-refractivity contribution in [1.82, 2.24) is 14.9 Å². The summed E-state index contributed by atoms with van der Waals surface area (Å²) >= 11 is 0. The maximum atomic E-state index is 13.1. The number of hydrogen-bond donors (Lipinski definition) is 1. The van der Waals surface area contributed by atoms with Crippen LogP contribution in [0.4, 0.5) is 0 Å². The summed E-state index contributed by atoms with van der Waals surface area (Å²) in [5, 5.41) is 3.46. The lowest BCUT2D eigenvalue weighted by molar-refractivity contribution is -0.147. The Balaban J connectivity index is 1.61. The number of aryl methyl sites for hydroxylation is 2. The van der Waals surface area contributed by atoms with E-state index in [2.05, 4.69) is 10.3 Å². The number of carbonyl (C=O) groups is 2. The summed E-state index contributed by atoms with van der Waals surface area (Å²) in [5.41, 5.74) is 2.75. The first-order chi connectivity index (χ1) is 15.3. The number of amides is 1. The summed E-state index contributed by atoms with van der Waals surface area (Å²) in [6.07, 6.45) is 1.45. The van der Waals surface area contributed by atoms with Crippen LogP contribution in [0, 0.1) is 6.92 Å². The van der Waals surface area contributed by atoms with E-state index >= 15 is 0 Å². The normalized spacial score (nSPS) is 13.8. The van der Waals surface area contributed by atoms with E-state index in [1.807, 2.05) is 31.2 Å². The standard InChI is InChI=1S/C25H27N3O4/c1-15(2)32-23(29)14-20(17-8-6-16(3)7-9-17)27-24(30)18-10-11-19-21(13-18)26-22-5-4-12-28(22)25(19)31/h6-11,13,15,20H,4-5,12,14H2,1-3H3,(H,27,30)/t20-/m1/s1. The van der Waals surface area contributed by atoms with Crippen LogP contribution in [-0.2, 0) is 22.5 Å². The first-order valence-corrected chi connectivity index (χ1v) is 10.9. The van der Waals surface area contributed by atoms with Gasteiger partial charge >= 0.3 is 5.97 Å². The second-order valence-electron chi connectivity index (χ2n) is 8.50. The number of esters is 1. The first kappa shape index (κ1) is 21.7. The highest BCUT2D eigenvalue weighted by Gasteiger charge is 2.22. The van der Waals surface area contributed by atoms with E-state index < -0.39 is 6.04 Å². The number of ether oxygens (including phenoxy) is 1. The molecule has 0 saturated heterocycles. The van der Waals surface area contributed by atoms with Crippen molar-refractivity contribution in [3.8, 4) is 0 Å². The van der Waals surface area contributed by atoms with Crippen LogP contribution >= 0.6 is 0 Å². The van der Waals surface area contributed by atoms with E-state index in [0.29, 0.717) is 23.0 Å². The van der Waals surface area contributed by atoms with Gasteiger partial charge < -0.3 is 10.1 Å². The number of benzene rings is 2. The molecule has 0 bridgehead atoms. The van der Waals surface area contributed by atoms with E-state index in [-0.39, 0.29) is 30.0 Å². The van der Waals surface area contributed by atoms with E-state index in [4.69, 9.17) is 4.74 Å². The van der Waals surface area contributed by atoms with Crippen LogP contribution in [0.1, 0.15) is 60.0 Å². The van der Waals surface area contributed by atoms with Gasteiger partial charge in [0.1, 0.15) is 5.82 Å². The molecule has 0 fully saturated rings. The Morgan fingerprint density at radius 1 is 1.16 bits per heavy atom. The van der Waals surface area contributed by atoms with Crippen molar-refractivity contribution in [2.45, 2.75) is 58.7 Å². The zero-order valence-electron chi connectivity index (χ0n) is 18.6. The number of fused-ring (bicyclic) bond motifs is 2. The molecule has 0 saturated carbocycles. The predicted octanol–water partition coefficient (Wildman–Crippen LogP) is 3.46. The van der Waals surface area contributed by atoms with Crippen LogP contribution in [0.3, 0.4) is 0 Å². The SMILES string of the molecule is Cc1ccc([C@@H](CC(=O)OC(C)C)NC(=O)c2ccc3c(=O)n4c(nc3c2)CCC4)cc1. The zero-order chi connectivity index (χ0) is 22.8. The maximum Gasteiger partial charge on any atom is 0.308 e. The van der Waals surface area contributed by atoms with Crippen LogP contribution in [-0.4, -0.2) is 27.5 Å². The van der Waals surface area contributed by atoms with Gasteiger partial charge in [0, 0.05) is 18.5 Å². The smallest absolute Gasteiger partial charge is 0.308 e. The van der Waals surface area contributed by atoms with Gasteiger partial charge in [0.15, 0.2) is 0 Å². The third-order valence-corrected chi connectivity index (χ3v) is 5.60. The molecule has 1 aliphatic heterocycles. The van der Waals surface area contributed by atoms with Gasteiger partial charge in [-0.25, -0.2) is 4.98 Å². The molecule has 166 valence electrons. The Hall–Kier alpha value is -3.48. The molecule has 4 rings (SSSR count). The van der Waals surface area contributed by atoms with Gasteiger partial charge in [-0.2, -0.15) is 0 Å². The van der Waals surface area contributed by atoms with Crippen molar-refractivity contribution in [3.63, 3.8) is 0 Å². The molecule has 1 amide bonds. The molecule has 1 N–H and O–H groups in total. The third kappa shape index (κ3) is 4.56.